The van der Waals surface area contributed by atoms with E-state index >= 15 is 0 Å². The maximum absolute atomic E-state index is 14.7. The minimum Gasteiger partial charge on any atom is -0.444 e. The minimum atomic E-state index is -0.834. The van der Waals surface area contributed by atoms with Crippen LogP contribution < -0.4 is 4.90 Å². The molecule has 1 fully saturated rings. The van der Waals surface area contributed by atoms with Gasteiger partial charge >= 0.3 is 6.09 Å². The van der Waals surface area contributed by atoms with Gasteiger partial charge in [0.05, 0.1) is 17.1 Å². The van der Waals surface area contributed by atoms with E-state index in [-0.39, 0.29) is 24.0 Å². The summed E-state index contributed by atoms with van der Waals surface area (Å²) in [5.41, 5.74) is 4.58. The van der Waals surface area contributed by atoms with Crippen LogP contribution >= 0.6 is 0 Å². The molecule has 0 bridgehead atoms. The average Bonchev–Trinajstić information content (AvgIpc) is 3.57. The van der Waals surface area contributed by atoms with Crippen molar-refractivity contribution in [1.29, 1.82) is 0 Å². The minimum absolute atomic E-state index is 0.0218. The SMILES string of the molecule is CC(C)C1N(C(=O)OC(C)(C)C)CC[C@@]12C(=O)N(c1cccc(-c3ccc4ccn(C)c4c3)c1)c1ccccc12. The molecular formula is C34H37N3O3. The Morgan fingerprint density at radius 1 is 0.975 bits per heavy atom. The van der Waals surface area contributed by atoms with Gasteiger partial charge in [0.25, 0.3) is 0 Å². The highest BCUT2D eigenvalue weighted by molar-refractivity contribution is 6.14. The van der Waals surface area contributed by atoms with Crippen molar-refractivity contribution in [1.82, 2.24) is 9.47 Å². The van der Waals surface area contributed by atoms with Gasteiger partial charge in [-0.15, -0.1) is 0 Å². The van der Waals surface area contributed by atoms with Crippen molar-refractivity contribution in [3.8, 4) is 11.1 Å². The fourth-order valence-electron chi connectivity index (χ4n) is 6.82. The number of nitrogens with zero attached hydrogens (tertiary/aromatic N) is 3. The van der Waals surface area contributed by atoms with Crippen LogP contribution in [0.5, 0.6) is 0 Å². The second-order valence-corrected chi connectivity index (χ2v) is 12.5. The number of amides is 2. The first kappa shape index (κ1) is 26.2. The van der Waals surface area contributed by atoms with Gasteiger partial charge in [0.15, 0.2) is 0 Å². The molecule has 6 nitrogen and oxygen atoms in total. The van der Waals surface area contributed by atoms with Gasteiger partial charge in [0.2, 0.25) is 5.91 Å². The molecule has 4 aromatic rings. The first-order valence-corrected chi connectivity index (χ1v) is 14.1. The van der Waals surface area contributed by atoms with E-state index in [2.05, 4.69) is 74.1 Å². The summed E-state index contributed by atoms with van der Waals surface area (Å²) >= 11 is 0. The molecule has 0 radical (unpaired) electrons. The Balaban J connectivity index is 1.43. The highest BCUT2D eigenvalue weighted by Crippen LogP contribution is 2.54. The summed E-state index contributed by atoms with van der Waals surface area (Å²) in [5, 5.41) is 1.20. The summed E-state index contributed by atoms with van der Waals surface area (Å²) in [6.45, 7) is 10.3. The predicted octanol–water partition coefficient (Wildman–Crippen LogP) is 7.43. The predicted molar refractivity (Wildman–Crippen MR) is 160 cm³/mol. The monoisotopic (exact) mass is 535 g/mol. The zero-order valence-corrected chi connectivity index (χ0v) is 24.1. The summed E-state index contributed by atoms with van der Waals surface area (Å²) in [6.07, 6.45) is 2.27. The fourth-order valence-corrected chi connectivity index (χ4v) is 6.82. The quantitative estimate of drug-likeness (QED) is 0.274. The summed E-state index contributed by atoms with van der Waals surface area (Å²) < 4.78 is 7.92. The largest absolute Gasteiger partial charge is 0.444 e. The van der Waals surface area contributed by atoms with Crippen LogP contribution in [-0.4, -0.2) is 39.7 Å². The van der Waals surface area contributed by atoms with Crippen LogP contribution in [0.1, 0.15) is 46.6 Å². The van der Waals surface area contributed by atoms with Crippen LogP contribution in [0.3, 0.4) is 0 Å². The van der Waals surface area contributed by atoms with Gasteiger partial charge in [-0.1, -0.05) is 56.3 Å². The van der Waals surface area contributed by atoms with Gasteiger partial charge < -0.3 is 14.2 Å². The number of carbonyl (C=O) groups excluding carboxylic acids is 2. The van der Waals surface area contributed by atoms with Crippen LogP contribution in [0.2, 0.25) is 0 Å². The molecule has 0 N–H and O–H groups in total. The lowest BCUT2D eigenvalue weighted by molar-refractivity contribution is -0.123. The maximum atomic E-state index is 14.7. The molecule has 2 aliphatic rings. The van der Waals surface area contributed by atoms with E-state index in [0.717, 1.165) is 33.6 Å². The number of hydrogen-bond donors (Lipinski definition) is 0. The fraction of sp³-hybridized carbons (Fsp3) is 0.353. The molecule has 1 saturated heterocycles. The number of aryl methyl sites for hydroxylation is 1. The van der Waals surface area contributed by atoms with Crippen LogP contribution in [-0.2, 0) is 22.0 Å². The third-order valence-electron chi connectivity index (χ3n) is 8.38. The number of carbonyl (C=O) groups is 2. The lowest BCUT2D eigenvalue weighted by atomic mass is 9.71. The second kappa shape index (κ2) is 9.26. The van der Waals surface area contributed by atoms with Crippen molar-refractivity contribution in [3.05, 3.63) is 84.6 Å². The van der Waals surface area contributed by atoms with Crippen molar-refractivity contribution >= 4 is 34.3 Å². The third-order valence-corrected chi connectivity index (χ3v) is 8.38. The molecule has 40 heavy (non-hydrogen) atoms. The molecule has 1 spiro atoms. The van der Waals surface area contributed by atoms with Crippen molar-refractivity contribution in [2.45, 2.75) is 58.1 Å². The molecule has 6 rings (SSSR count). The van der Waals surface area contributed by atoms with Gasteiger partial charge in [-0.05, 0) is 85.5 Å². The van der Waals surface area contributed by atoms with Crippen LogP contribution in [0.4, 0.5) is 16.2 Å². The number of benzene rings is 3. The number of rotatable bonds is 3. The summed E-state index contributed by atoms with van der Waals surface area (Å²) in [7, 11) is 2.05. The second-order valence-electron chi connectivity index (χ2n) is 12.5. The van der Waals surface area contributed by atoms with E-state index in [4.69, 9.17) is 4.74 Å². The lowest BCUT2D eigenvalue weighted by Gasteiger charge is -2.37. The number of fused-ring (bicyclic) bond motifs is 3. The van der Waals surface area contributed by atoms with E-state index in [1.54, 1.807) is 4.90 Å². The molecule has 0 aliphatic carbocycles. The summed E-state index contributed by atoms with van der Waals surface area (Å²) in [4.78, 5) is 31.8. The zero-order chi connectivity index (χ0) is 28.4. The zero-order valence-electron chi connectivity index (χ0n) is 24.1. The van der Waals surface area contributed by atoms with Crippen LogP contribution in [0.15, 0.2) is 79.0 Å². The van der Waals surface area contributed by atoms with E-state index in [1.165, 1.54) is 5.39 Å². The van der Waals surface area contributed by atoms with E-state index in [1.807, 2.05) is 56.0 Å². The Kier molecular flexibility index (Phi) is 6.06. The molecule has 2 atom stereocenters. The standard InChI is InChI=1S/C34H37N3O3/c1-22(2)30-34(17-19-36(30)32(39)40-33(3,4)5)27-12-7-8-13-28(27)37(31(34)38)26-11-9-10-24(20-26)25-15-14-23-16-18-35(6)29(23)21-25/h7-16,18,20-22,30H,17,19H2,1-6H3/t30?,34-/m0/s1. The molecule has 1 aromatic heterocycles. The van der Waals surface area contributed by atoms with Crippen molar-refractivity contribution < 1.29 is 14.3 Å². The normalized spacial score (nSPS) is 20.7. The number of anilines is 2. The van der Waals surface area contributed by atoms with Crippen molar-refractivity contribution in [2.75, 3.05) is 11.4 Å². The summed E-state index contributed by atoms with van der Waals surface area (Å²) in [5.74, 6) is 0.0730. The highest BCUT2D eigenvalue weighted by Gasteiger charge is 2.62. The van der Waals surface area contributed by atoms with Gasteiger partial charge in [0.1, 0.15) is 5.60 Å². The number of aromatic nitrogens is 1. The number of ether oxygens (including phenoxy) is 1. The van der Waals surface area contributed by atoms with E-state index in [9.17, 15) is 9.59 Å². The van der Waals surface area contributed by atoms with Gasteiger partial charge in [-0.2, -0.15) is 0 Å². The first-order chi connectivity index (χ1) is 19.0. The topological polar surface area (TPSA) is 54.8 Å². The molecule has 3 aromatic carbocycles. The Bertz CT molecular complexity index is 1630. The van der Waals surface area contributed by atoms with Crippen LogP contribution in [0, 0.1) is 5.92 Å². The Morgan fingerprint density at radius 2 is 1.73 bits per heavy atom. The Labute approximate surface area is 236 Å². The molecule has 3 heterocycles. The smallest absolute Gasteiger partial charge is 0.410 e. The number of para-hydroxylation sites is 1. The van der Waals surface area contributed by atoms with Crippen molar-refractivity contribution in [2.24, 2.45) is 13.0 Å². The third kappa shape index (κ3) is 4.00. The van der Waals surface area contributed by atoms with Crippen LogP contribution in [0.25, 0.3) is 22.0 Å². The lowest BCUT2D eigenvalue weighted by Crippen LogP contribution is -2.53. The first-order valence-electron chi connectivity index (χ1n) is 14.1. The maximum Gasteiger partial charge on any atom is 0.410 e. The van der Waals surface area contributed by atoms with E-state index < -0.39 is 11.0 Å². The molecular weight excluding hydrogens is 498 g/mol. The Hall–Kier alpha value is -4.06. The molecule has 0 saturated carbocycles. The summed E-state index contributed by atoms with van der Waals surface area (Å²) in [6, 6.07) is 24.5. The van der Waals surface area contributed by atoms with Crippen molar-refractivity contribution in [3.63, 3.8) is 0 Å². The molecule has 206 valence electrons. The van der Waals surface area contributed by atoms with Gasteiger partial charge in [0, 0.05) is 31.0 Å². The van der Waals surface area contributed by atoms with E-state index in [0.29, 0.717) is 13.0 Å². The van der Waals surface area contributed by atoms with Gasteiger partial charge in [-0.3, -0.25) is 9.69 Å². The number of hydrogen-bond acceptors (Lipinski definition) is 3. The van der Waals surface area contributed by atoms with Gasteiger partial charge in [-0.25, -0.2) is 4.79 Å². The Morgan fingerprint density at radius 3 is 2.48 bits per heavy atom. The molecule has 2 amide bonds. The number of likely N-dealkylation sites (tertiary alicyclic amines) is 1. The highest BCUT2D eigenvalue weighted by atomic mass is 16.6. The molecule has 6 heteroatoms. The molecule has 1 unspecified atom stereocenters. The average molecular weight is 536 g/mol. The molecule has 2 aliphatic heterocycles.